The van der Waals surface area contributed by atoms with E-state index in [1.54, 1.807) is 7.11 Å². The summed E-state index contributed by atoms with van der Waals surface area (Å²) in [6, 6.07) is 0. The molecule has 0 bridgehead atoms. The third kappa shape index (κ3) is 1.25. The van der Waals surface area contributed by atoms with E-state index in [0.717, 1.165) is 12.2 Å². The minimum Gasteiger partial charge on any atom is -0.499 e. The standard InChI is InChI=1S/C7H10NO/c1-9-7-5-3-2-4-6(7)8/h2,4-5H,3,8H2,1H3. The highest BCUT2D eigenvalue weighted by Gasteiger charge is 2.03. The number of rotatable bonds is 1. The van der Waals surface area contributed by atoms with Gasteiger partial charge in [-0.2, -0.15) is 0 Å². The molecule has 2 nitrogen and oxygen atoms in total. The van der Waals surface area contributed by atoms with Crippen LogP contribution < -0.4 is 5.73 Å². The predicted octanol–water partition coefficient (Wildman–Crippen LogP) is 0.967. The van der Waals surface area contributed by atoms with Gasteiger partial charge >= 0.3 is 0 Å². The maximum atomic E-state index is 5.53. The molecule has 0 aromatic heterocycles. The Bertz CT molecular complexity index is 158. The Morgan fingerprint density at radius 1 is 1.67 bits per heavy atom. The first-order valence-corrected chi connectivity index (χ1v) is 2.88. The highest BCUT2D eigenvalue weighted by molar-refractivity contribution is 5.29. The molecule has 1 aliphatic carbocycles. The molecule has 0 amide bonds. The molecule has 9 heavy (non-hydrogen) atoms. The molecule has 0 atom stereocenters. The first-order valence-electron chi connectivity index (χ1n) is 2.88. The van der Waals surface area contributed by atoms with Crippen LogP contribution in [0.5, 0.6) is 0 Å². The Morgan fingerprint density at radius 3 is 2.89 bits per heavy atom. The second kappa shape index (κ2) is 2.58. The van der Waals surface area contributed by atoms with E-state index >= 15 is 0 Å². The summed E-state index contributed by atoms with van der Waals surface area (Å²) in [6.07, 6.45) is 6.73. The summed E-state index contributed by atoms with van der Waals surface area (Å²) in [4.78, 5) is 0. The molecule has 0 aromatic rings. The summed E-state index contributed by atoms with van der Waals surface area (Å²) >= 11 is 0. The second-order valence-corrected chi connectivity index (χ2v) is 1.87. The molecular weight excluding hydrogens is 114 g/mol. The van der Waals surface area contributed by atoms with Crippen LogP contribution in [0.3, 0.4) is 0 Å². The van der Waals surface area contributed by atoms with Crippen LogP contribution in [0.2, 0.25) is 0 Å². The van der Waals surface area contributed by atoms with Gasteiger partial charge in [-0.3, -0.25) is 0 Å². The van der Waals surface area contributed by atoms with E-state index in [4.69, 9.17) is 10.5 Å². The molecule has 0 fully saturated rings. The van der Waals surface area contributed by atoms with Crippen LogP contribution >= 0.6 is 0 Å². The van der Waals surface area contributed by atoms with Gasteiger partial charge in [0.1, 0.15) is 5.76 Å². The van der Waals surface area contributed by atoms with Gasteiger partial charge in [0.15, 0.2) is 0 Å². The van der Waals surface area contributed by atoms with Gasteiger partial charge in [0.05, 0.1) is 12.8 Å². The van der Waals surface area contributed by atoms with Gasteiger partial charge in [-0.05, 0) is 12.5 Å². The van der Waals surface area contributed by atoms with Crippen molar-refractivity contribution in [2.75, 3.05) is 7.11 Å². The first kappa shape index (κ1) is 6.20. The molecule has 0 heterocycles. The van der Waals surface area contributed by atoms with Crippen molar-refractivity contribution < 1.29 is 4.74 Å². The number of nitrogens with two attached hydrogens (primary N) is 1. The zero-order chi connectivity index (χ0) is 6.69. The lowest BCUT2D eigenvalue weighted by molar-refractivity contribution is 0.293. The molecule has 1 radical (unpaired) electrons. The molecule has 2 N–H and O–H groups in total. The van der Waals surface area contributed by atoms with Crippen molar-refractivity contribution in [1.29, 1.82) is 0 Å². The molecule has 1 aliphatic rings. The summed E-state index contributed by atoms with van der Waals surface area (Å²) in [7, 11) is 1.62. The second-order valence-electron chi connectivity index (χ2n) is 1.87. The van der Waals surface area contributed by atoms with E-state index < -0.39 is 0 Å². The maximum Gasteiger partial charge on any atom is 0.122 e. The molecule has 0 saturated carbocycles. The van der Waals surface area contributed by atoms with Crippen molar-refractivity contribution in [1.82, 2.24) is 0 Å². The Labute approximate surface area is 55.0 Å². The number of hydrogen-bond donors (Lipinski definition) is 1. The van der Waals surface area contributed by atoms with E-state index in [9.17, 15) is 0 Å². The smallest absolute Gasteiger partial charge is 0.122 e. The van der Waals surface area contributed by atoms with Crippen LogP contribution in [-0.4, -0.2) is 7.11 Å². The summed E-state index contributed by atoms with van der Waals surface area (Å²) in [5.41, 5.74) is 6.24. The lowest BCUT2D eigenvalue weighted by Crippen LogP contribution is -2.04. The molecule has 2 heteroatoms. The maximum absolute atomic E-state index is 5.53. The summed E-state index contributed by atoms with van der Waals surface area (Å²) < 4.78 is 4.95. The summed E-state index contributed by atoms with van der Waals surface area (Å²) in [5, 5.41) is 0. The molecular formula is C7H10NO. The third-order valence-corrected chi connectivity index (χ3v) is 1.24. The van der Waals surface area contributed by atoms with Crippen molar-refractivity contribution >= 4 is 0 Å². The topological polar surface area (TPSA) is 35.2 Å². The fourth-order valence-electron chi connectivity index (χ4n) is 0.771. The summed E-state index contributed by atoms with van der Waals surface area (Å²) in [6.45, 7) is 0. The van der Waals surface area contributed by atoms with Crippen LogP contribution in [0.4, 0.5) is 0 Å². The zero-order valence-electron chi connectivity index (χ0n) is 5.42. The highest BCUT2D eigenvalue weighted by atomic mass is 16.5. The van der Waals surface area contributed by atoms with Gasteiger partial charge in [0.25, 0.3) is 0 Å². The predicted molar refractivity (Wildman–Crippen MR) is 36.3 cm³/mol. The Hall–Kier alpha value is -0.920. The Morgan fingerprint density at radius 2 is 2.44 bits per heavy atom. The lowest BCUT2D eigenvalue weighted by atomic mass is 10.1. The average molecular weight is 124 g/mol. The number of methoxy groups -OCH3 is 1. The van der Waals surface area contributed by atoms with E-state index in [1.807, 2.05) is 18.6 Å². The first-order chi connectivity index (χ1) is 4.34. The molecule has 0 aliphatic heterocycles. The quantitative estimate of drug-likeness (QED) is 0.565. The van der Waals surface area contributed by atoms with Gasteiger partial charge in [0, 0.05) is 6.42 Å². The minimum absolute atomic E-state index is 0.712. The highest BCUT2D eigenvalue weighted by Crippen LogP contribution is 2.13. The van der Waals surface area contributed by atoms with Crippen LogP contribution in [0, 0.1) is 6.42 Å². The normalized spacial score (nSPS) is 18.3. The molecule has 0 saturated heterocycles. The number of allylic oxidation sites excluding steroid dienone is 3. The summed E-state index contributed by atoms with van der Waals surface area (Å²) in [5.74, 6) is 0.789. The van der Waals surface area contributed by atoms with Gasteiger partial charge in [-0.15, -0.1) is 0 Å². The van der Waals surface area contributed by atoms with Crippen molar-refractivity contribution in [3.8, 4) is 0 Å². The minimum atomic E-state index is 0.712. The van der Waals surface area contributed by atoms with Crippen LogP contribution in [0.25, 0.3) is 0 Å². The molecule has 0 unspecified atom stereocenters. The molecule has 1 rings (SSSR count). The van der Waals surface area contributed by atoms with Gasteiger partial charge in [-0.1, -0.05) is 6.08 Å². The SMILES string of the molecule is COC1=C(N)C=CC[CH]1. The van der Waals surface area contributed by atoms with Gasteiger partial charge in [0.2, 0.25) is 0 Å². The third-order valence-electron chi connectivity index (χ3n) is 1.24. The van der Waals surface area contributed by atoms with Crippen molar-refractivity contribution in [2.24, 2.45) is 5.73 Å². The molecule has 0 spiro atoms. The van der Waals surface area contributed by atoms with Gasteiger partial charge < -0.3 is 10.5 Å². The van der Waals surface area contributed by atoms with E-state index in [2.05, 4.69) is 0 Å². The van der Waals surface area contributed by atoms with Crippen molar-refractivity contribution in [3.05, 3.63) is 30.0 Å². The van der Waals surface area contributed by atoms with Crippen molar-refractivity contribution in [3.63, 3.8) is 0 Å². The van der Waals surface area contributed by atoms with E-state index in [1.165, 1.54) is 0 Å². The zero-order valence-corrected chi connectivity index (χ0v) is 5.42. The fourth-order valence-corrected chi connectivity index (χ4v) is 0.771. The Kier molecular flexibility index (Phi) is 1.78. The monoisotopic (exact) mass is 124 g/mol. The Balaban J connectivity index is 2.72. The van der Waals surface area contributed by atoms with E-state index in [-0.39, 0.29) is 0 Å². The molecule has 0 aromatic carbocycles. The number of ether oxygens (including phenoxy) is 1. The van der Waals surface area contributed by atoms with Crippen molar-refractivity contribution in [2.45, 2.75) is 6.42 Å². The molecule has 49 valence electrons. The fraction of sp³-hybridized carbons (Fsp3) is 0.286. The van der Waals surface area contributed by atoms with Crippen LogP contribution in [-0.2, 0) is 4.74 Å². The van der Waals surface area contributed by atoms with Crippen LogP contribution in [0.1, 0.15) is 6.42 Å². The largest absolute Gasteiger partial charge is 0.499 e. The van der Waals surface area contributed by atoms with E-state index in [0.29, 0.717) is 5.70 Å². The lowest BCUT2D eigenvalue weighted by Gasteiger charge is -2.09. The number of hydrogen-bond acceptors (Lipinski definition) is 2. The van der Waals surface area contributed by atoms with Gasteiger partial charge in [-0.25, -0.2) is 0 Å². The average Bonchev–Trinajstić information content (AvgIpc) is 1.89. The van der Waals surface area contributed by atoms with Crippen LogP contribution in [0.15, 0.2) is 23.6 Å².